The van der Waals surface area contributed by atoms with Crippen molar-refractivity contribution in [2.75, 3.05) is 19.6 Å². The lowest BCUT2D eigenvalue weighted by molar-refractivity contribution is 0.0436. The van der Waals surface area contributed by atoms with Crippen LogP contribution in [0.15, 0.2) is 24.3 Å². The van der Waals surface area contributed by atoms with Crippen LogP contribution in [-0.2, 0) is 0 Å². The first-order valence-electron chi connectivity index (χ1n) is 9.87. The minimum atomic E-state index is 0.182. The van der Waals surface area contributed by atoms with E-state index in [1.807, 2.05) is 24.3 Å². The first-order valence-corrected chi connectivity index (χ1v) is 10.2. The average Bonchev–Trinajstić information content (AvgIpc) is 3.28. The average molecular weight is 363 g/mol. The lowest BCUT2D eigenvalue weighted by Gasteiger charge is -2.41. The summed E-state index contributed by atoms with van der Waals surface area (Å²) >= 11 is 6.02. The predicted octanol–water partition coefficient (Wildman–Crippen LogP) is 4.85. The number of amides is 1. The molecule has 138 valence electrons. The fourth-order valence-electron chi connectivity index (χ4n) is 4.36. The van der Waals surface area contributed by atoms with Gasteiger partial charge in [-0.2, -0.15) is 0 Å². The smallest absolute Gasteiger partial charge is 0.254 e. The summed E-state index contributed by atoms with van der Waals surface area (Å²) in [6, 6.07) is 8.07. The Morgan fingerprint density at radius 2 is 1.72 bits per heavy atom. The Labute approximate surface area is 157 Å². The fourth-order valence-corrected chi connectivity index (χ4v) is 4.49. The quantitative estimate of drug-likeness (QED) is 0.722. The predicted molar refractivity (Wildman–Crippen MR) is 104 cm³/mol. The number of hydrogen-bond donors (Lipinski definition) is 0. The zero-order chi connectivity index (χ0) is 17.8. The molecular formula is C21H31ClN2O. The maximum Gasteiger partial charge on any atom is 0.254 e. The molecule has 2 aliphatic rings. The van der Waals surface area contributed by atoms with Crippen molar-refractivity contribution in [2.45, 2.75) is 64.5 Å². The van der Waals surface area contributed by atoms with Crippen molar-refractivity contribution in [3.05, 3.63) is 34.9 Å². The van der Waals surface area contributed by atoms with E-state index in [0.717, 1.165) is 24.9 Å². The van der Waals surface area contributed by atoms with E-state index in [1.165, 1.54) is 38.8 Å². The molecule has 4 heteroatoms. The van der Waals surface area contributed by atoms with E-state index in [9.17, 15) is 4.79 Å². The number of benzene rings is 1. The van der Waals surface area contributed by atoms with Crippen molar-refractivity contribution in [3.8, 4) is 0 Å². The van der Waals surface area contributed by atoms with E-state index < -0.39 is 0 Å². The first-order chi connectivity index (χ1) is 12.1. The van der Waals surface area contributed by atoms with Crippen molar-refractivity contribution in [2.24, 2.45) is 5.92 Å². The summed E-state index contributed by atoms with van der Waals surface area (Å²) in [7, 11) is 0. The van der Waals surface area contributed by atoms with Crippen LogP contribution in [0.5, 0.6) is 0 Å². The monoisotopic (exact) mass is 362 g/mol. The van der Waals surface area contributed by atoms with E-state index in [1.54, 1.807) is 0 Å². The third kappa shape index (κ3) is 4.57. The summed E-state index contributed by atoms with van der Waals surface area (Å²) in [5.74, 6) is 0.638. The Kier molecular flexibility index (Phi) is 6.40. The van der Waals surface area contributed by atoms with Gasteiger partial charge in [-0.3, -0.25) is 4.79 Å². The molecule has 0 aromatic heterocycles. The molecule has 1 aliphatic carbocycles. The molecule has 1 aromatic rings. The highest BCUT2D eigenvalue weighted by Gasteiger charge is 2.35. The minimum Gasteiger partial charge on any atom is -0.331 e. The van der Waals surface area contributed by atoms with Crippen molar-refractivity contribution >= 4 is 17.5 Å². The molecule has 1 saturated carbocycles. The summed E-state index contributed by atoms with van der Waals surface area (Å²) in [6.07, 6.45) is 7.34. The summed E-state index contributed by atoms with van der Waals surface area (Å²) in [4.78, 5) is 18.2. The van der Waals surface area contributed by atoms with Crippen LogP contribution in [0.2, 0.25) is 5.02 Å². The van der Waals surface area contributed by atoms with E-state index in [2.05, 4.69) is 23.6 Å². The zero-order valence-corrected chi connectivity index (χ0v) is 16.3. The van der Waals surface area contributed by atoms with Gasteiger partial charge in [0.1, 0.15) is 0 Å². The van der Waals surface area contributed by atoms with Crippen molar-refractivity contribution in [1.82, 2.24) is 9.80 Å². The molecule has 1 aliphatic heterocycles. The number of halogens is 1. The second kappa shape index (κ2) is 8.55. The first kappa shape index (κ1) is 18.7. The SMILES string of the molecule is CC(C)C(CN1CCCC1)N(C(=O)c1ccc(Cl)cc1)C1CCCC1. The van der Waals surface area contributed by atoms with Gasteiger partial charge in [-0.1, -0.05) is 38.3 Å². The van der Waals surface area contributed by atoms with Crippen LogP contribution >= 0.6 is 11.6 Å². The highest BCUT2D eigenvalue weighted by atomic mass is 35.5. The Balaban J connectivity index is 1.85. The third-order valence-corrected chi connectivity index (χ3v) is 6.07. The zero-order valence-electron chi connectivity index (χ0n) is 15.6. The molecule has 1 amide bonds. The molecule has 1 saturated heterocycles. The van der Waals surface area contributed by atoms with Gasteiger partial charge in [0.05, 0.1) is 0 Å². The minimum absolute atomic E-state index is 0.182. The Morgan fingerprint density at radius 1 is 1.12 bits per heavy atom. The van der Waals surface area contributed by atoms with Crippen LogP contribution in [0.4, 0.5) is 0 Å². The molecule has 25 heavy (non-hydrogen) atoms. The molecule has 3 rings (SSSR count). The van der Waals surface area contributed by atoms with Gasteiger partial charge in [0.15, 0.2) is 0 Å². The summed E-state index contributed by atoms with van der Waals surface area (Å²) in [5.41, 5.74) is 0.767. The third-order valence-electron chi connectivity index (χ3n) is 5.81. The van der Waals surface area contributed by atoms with E-state index in [-0.39, 0.29) is 11.9 Å². The highest BCUT2D eigenvalue weighted by Crippen LogP contribution is 2.30. The van der Waals surface area contributed by atoms with Crippen molar-refractivity contribution in [1.29, 1.82) is 0 Å². The maximum atomic E-state index is 13.4. The molecule has 0 N–H and O–H groups in total. The van der Waals surface area contributed by atoms with Gasteiger partial charge in [0.2, 0.25) is 0 Å². The lowest BCUT2D eigenvalue weighted by atomic mass is 9.97. The molecule has 1 unspecified atom stereocenters. The van der Waals surface area contributed by atoms with Gasteiger partial charge in [-0.15, -0.1) is 0 Å². The topological polar surface area (TPSA) is 23.6 Å². The summed E-state index contributed by atoms with van der Waals surface area (Å²) < 4.78 is 0. The van der Waals surface area contributed by atoms with Crippen molar-refractivity contribution < 1.29 is 4.79 Å². The van der Waals surface area contributed by atoms with Gasteiger partial charge >= 0.3 is 0 Å². The largest absolute Gasteiger partial charge is 0.331 e. The van der Waals surface area contributed by atoms with E-state index >= 15 is 0 Å². The number of likely N-dealkylation sites (tertiary alicyclic amines) is 1. The van der Waals surface area contributed by atoms with Crippen molar-refractivity contribution in [3.63, 3.8) is 0 Å². The normalized spacial score (nSPS) is 20.3. The van der Waals surface area contributed by atoms with Crippen LogP contribution in [0, 0.1) is 5.92 Å². The summed E-state index contributed by atoms with van der Waals surface area (Å²) in [5, 5.41) is 0.682. The number of carbonyl (C=O) groups is 1. The maximum absolute atomic E-state index is 13.4. The van der Waals surface area contributed by atoms with Crippen LogP contribution in [-0.4, -0.2) is 47.4 Å². The van der Waals surface area contributed by atoms with Crippen LogP contribution in [0.3, 0.4) is 0 Å². The number of carbonyl (C=O) groups excluding carboxylic acids is 1. The Hall–Kier alpha value is -1.06. The molecule has 0 spiro atoms. The molecule has 1 aromatic carbocycles. The fraction of sp³-hybridized carbons (Fsp3) is 0.667. The second-order valence-corrected chi connectivity index (χ2v) is 8.41. The second-order valence-electron chi connectivity index (χ2n) is 7.98. The van der Waals surface area contributed by atoms with Crippen LogP contribution < -0.4 is 0 Å². The molecule has 2 fully saturated rings. The number of nitrogens with zero attached hydrogens (tertiary/aromatic N) is 2. The molecule has 0 bridgehead atoms. The number of hydrogen-bond acceptors (Lipinski definition) is 2. The standard InChI is InChI=1S/C21H31ClN2O/c1-16(2)20(15-23-13-5-6-14-23)24(19-7-3-4-8-19)21(25)17-9-11-18(22)12-10-17/h9-12,16,19-20H,3-8,13-15H2,1-2H3. The Bertz CT molecular complexity index is 560. The molecule has 1 atom stereocenters. The van der Waals surface area contributed by atoms with Gasteiger partial charge in [-0.25, -0.2) is 0 Å². The van der Waals surface area contributed by atoms with Crippen LogP contribution in [0.1, 0.15) is 62.7 Å². The molecule has 1 heterocycles. The van der Waals surface area contributed by atoms with Gasteiger partial charge < -0.3 is 9.80 Å². The molecule has 3 nitrogen and oxygen atoms in total. The van der Waals surface area contributed by atoms with Gasteiger partial charge in [0.25, 0.3) is 5.91 Å². The summed E-state index contributed by atoms with van der Waals surface area (Å²) in [6.45, 7) is 7.89. The molecular weight excluding hydrogens is 332 g/mol. The van der Waals surface area contributed by atoms with Gasteiger partial charge in [-0.05, 0) is 69.0 Å². The molecule has 0 radical (unpaired) electrons. The van der Waals surface area contributed by atoms with Crippen LogP contribution in [0.25, 0.3) is 0 Å². The van der Waals surface area contributed by atoms with E-state index in [4.69, 9.17) is 11.6 Å². The number of rotatable bonds is 6. The Morgan fingerprint density at radius 3 is 2.28 bits per heavy atom. The van der Waals surface area contributed by atoms with E-state index in [0.29, 0.717) is 17.0 Å². The van der Waals surface area contributed by atoms with Gasteiger partial charge in [0, 0.05) is 29.2 Å². The lowest BCUT2D eigenvalue weighted by Crippen LogP contribution is -2.53. The highest BCUT2D eigenvalue weighted by molar-refractivity contribution is 6.30.